The zero-order valence-electron chi connectivity index (χ0n) is 7.83. The number of nitrogens with two attached hydrogens (primary N) is 1. The van der Waals surface area contributed by atoms with Gasteiger partial charge in [0.2, 0.25) is 11.8 Å². The van der Waals surface area contributed by atoms with Gasteiger partial charge >= 0.3 is 6.03 Å². The lowest BCUT2D eigenvalue weighted by Gasteiger charge is -2.17. The summed E-state index contributed by atoms with van der Waals surface area (Å²) < 4.78 is 0. The number of carbonyl (C=O) groups is 3. The molecule has 0 heterocycles. The van der Waals surface area contributed by atoms with Crippen molar-refractivity contribution in [3.05, 3.63) is 0 Å². The molecule has 74 valence electrons. The second-order valence-corrected chi connectivity index (χ2v) is 2.58. The summed E-state index contributed by atoms with van der Waals surface area (Å²) >= 11 is 0. The van der Waals surface area contributed by atoms with Crippen LogP contribution < -0.4 is 11.1 Å². The lowest BCUT2D eigenvalue weighted by Crippen LogP contribution is -2.45. The summed E-state index contributed by atoms with van der Waals surface area (Å²) in [5.74, 6) is -2.35. The number of nitrogens with one attached hydrogen (secondary N) is 1. The predicted octanol–water partition coefficient (Wildman–Crippen LogP) is -1.09. The molecule has 0 bridgehead atoms. The van der Waals surface area contributed by atoms with Crippen LogP contribution in [0.1, 0.15) is 6.92 Å². The van der Waals surface area contributed by atoms with Crippen molar-refractivity contribution in [2.24, 2.45) is 11.7 Å². The molecule has 0 fully saturated rings. The molecule has 0 rings (SSSR count). The Kier molecular flexibility index (Phi) is 3.90. The number of urea groups is 1. The van der Waals surface area contributed by atoms with E-state index in [1.165, 1.54) is 21.0 Å². The minimum atomic E-state index is -0.984. The van der Waals surface area contributed by atoms with Crippen molar-refractivity contribution in [1.82, 2.24) is 10.2 Å². The number of rotatable bonds is 2. The molecule has 0 saturated heterocycles. The first kappa shape index (κ1) is 11.4. The molecule has 0 aromatic rings. The van der Waals surface area contributed by atoms with E-state index >= 15 is 0 Å². The van der Waals surface area contributed by atoms with Gasteiger partial charge in [0.15, 0.2) is 0 Å². The van der Waals surface area contributed by atoms with Crippen molar-refractivity contribution in [2.75, 3.05) is 14.1 Å². The molecule has 6 nitrogen and oxygen atoms in total. The van der Waals surface area contributed by atoms with Crippen molar-refractivity contribution in [1.29, 1.82) is 0 Å². The van der Waals surface area contributed by atoms with Crippen LogP contribution in [0, 0.1) is 5.92 Å². The van der Waals surface area contributed by atoms with Crippen molar-refractivity contribution in [3.8, 4) is 0 Å². The summed E-state index contributed by atoms with van der Waals surface area (Å²) in [6.07, 6.45) is 0. The molecule has 0 aliphatic rings. The number of nitrogens with zero attached hydrogens (tertiary/aromatic N) is 1. The number of carbonyl (C=O) groups excluding carboxylic acids is 3. The highest BCUT2D eigenvalue weighted by atomic mass is 16.2. The van der Waals surface area contributed by atoms with Crippen LogP contribution in [0.2, 0.25) is 0 Å². The third-order valence-corrected chi connectivity index (χ3v) is 1.65. The van der Waals surface area contributed by atoms with Crippen LogP contribution in [0.5, 0.6) is 0 Å². The van der Waals surface area contributed by atoms with Crippen molar-refractivity contribution < 1.29 is 14.4 Å². The Hall–Kier alpha value is -1.59. The fourth-order valence-electron chi connectivity index (χ4n) is 0.680. The summed E-state index contributed by atoms with van der Waals surface area (Å²) in [4.78, 5) is 33.6. The van der Waals surface area contributed by atoms with Gasteiger partial charge in [-0.05, 0) is 6.92 Å². The van der Waals surface area contributed by atoms with Gasteiger partial charge in [-0.3, -0.25) is 14.5 Å². The normalized spacial score (nSPS) is 11.6. The molecular formula is C7H13N3O3. The molecule has 0 aliphatic heterocycles. The van der Waals surface area contributed by atoms with Gasteiger partial charge in [-0.15, -0.1) is 0 Å². The first-order valence-electron chi connectivity index (χ1n) is 3.70. The second-order valence-electron chi connectivity index (χ2n) is 2.58. The van der Waals surface area contributed by atoms with Gasteiger partial charge in [-0.25, -0.2) is 4.79 Å². The fourth-order valence-corrected chi connectivity index (χ4v) is 0.680. The van der Waals surface area contributed by atoms with E-state index in [0.29, 0.717) is 0 Å². The van der Waals surface area contributed by atoms with Gasteiger partial charge in [-0.2, -0.15) is 0 Å². The Balaban J connectivity index is 4.42. The van der Waals surface area contributed by atoms with Crippen molar-refractivity contribution >= 4 is 17.8 Å². The first-order valence-corrected chi connectivity index (χ1v) is 3.70. The zero-order valence-corrected chi connectivity index (χ0v) is 7.83. The molecule has 4 amide bonds. The zero-order chi connectivity index (χ0) is 10.6. The maximum absolute atomic E-state index is 11.2. The van der Waals surface area contributed by atoms with Gasteiger partial charge in [0.1, 0.15) is 5.92 Å². The van der Waals surface area contributed by atoms with Gasteiger partial charge in [-0.1, -0.05) is 0 Å². The van der Waals surface area contributed by atoms with Crippen LogP contribution >= 0.6 is 0 Å². The Morgan fingerprint density at radius 1 is 1.38 bits per heavy atom. The molecule has 1 unspecified atom stereocenters. The Morgan fingerprint density at radius 2 is 1.85 bits per heavy atom. The molecule has 0 saturated carbocycles. The van der Waals surface area contributed by atoms with Crippen LogP contribution in [-0.2, 0) is 9.59 Å². The van der Waals surface area contributed by atoms with Gasteiger partial charge in [0.05, 0.1) is 0 Å². The maximum Gasteiger partial charge on any atom is 0.323 e. The Morgan fingerprint density at radius 3 is 2.15 bits per heavy atom. The van der Waals surface area contributed by atoms with E-state index in [-0.39, 0.29) is 0 Å². The molecule has 6 heteroatoms. The molecule has 0 radical (unpaired) electrons. The lowest BCUT2D eigenvalue weighted by atomic mass is 10.1. The van der Waals surface area contributed by atoms with Crippen LogP contribution in [0.25, 0.3) is 0 Å². The standard InChI is InChI=1S/C7H13N3O3/c1-4(5(8)11)6(12)10(3)7(13)9-2/h4H,1-3H3,(H2,8,11)(H,9,13). The molecule has 3 N–H and O–H groups in total. The van der Waals surface area contributed by atoms with Crippen LogP contribution in [-0.4, -0.2) is 36.8 Å². The molecular weight excluding hydrogens is 174 g/mol. The summed E-state index contributed by atoms with van der Waals surface area (Å²) in [6, 6.07) is -0.571. The van der Waals surface area contributed by atoms with E-state index in [9.17, 15) is 14.4 Å². The monoisotopic (exact) mass is 187 g/mol. The number of amides is 4. The molecule has 0 aromatic heterocycles. The maximum atomic E-state index is 11.2. The number of hydrogen-bond donors (Lipinski definition) is 2. The average Bonchev–Trinajstić information content (AvgIpc) is 2.12. The minimum Gasteiger partial charge on any atom is -0.369 e. The van der Waals surface area contributed by atoms with E-state index in [4.69, 9.17) is 5.73 Å². The first-order chi connectivity index (χ1) is 5.91. The predicted molar refractivity (Wildman–Crippen MR) is 45.6 cm³/mol. The second kappa shape index (κ2) is 4.44. The van der Waals surface area contributed by atoms with E-state index in [0.717, 1.165) is 4.90 Å². The molecule has 0 aliphatic carbocycles. The lowest BCUT2D eigenvalue weighted by molar-refractivity contribution is -0.137. The largest absolute Gasteiger partial charge is 0.369 e. The van der Waals surface area contributed by atoms with Gasteiger partial charge in [0.25, 0.3) is 0 Å². The summed E-state index contributed by atoms with van der Waals surface area (Å²) in [6.45, 7) is 1.35. The Labute approximate surface area is 76.1 Å². The van der Waals surface area contributed by atoms with E-state index in [1.807, 2.05) is 0 Å². The van der Waals surface area contributed by atoms with Crippen molar-refractivity contribution in [3.63, 3.8) is 0 Å². The third-order valence-electron chi connectivity index (χ3n) is 1.65. The number of hydrogen-bond acceptors (Lipinski definition) is 3. The van der Waals surface area contributed by atoms with E-state index in [2.05, 4.69) is 5.32 Å². The summed E-state index contributed by atoms with van der Waals surface area (Å²) in [5.41, 5.74) is 4.90. The molecule has 0 aromatic carbocycles. The highest BCUT2D eigenvalue weighted by Crippen LogP contribution is 1.99. The minimum absolute atomic E-state index is 0.571. The van der Waals surface area contributed by atoms with E-state index in [1.54, 1.807) is 0 Å². The topological polar surface area (TPSA) is 92.5 Å². The smallest absolute Gasteiger partial charge is 0.323 e. The Bertz CT molecular complexity index is 239. The fraction of sp³-hybridized carbons (Fsp3) is 0.571. The SMILES string of the molecule is CNC(=O)N(C)C(=O)C(C)C(N)=O. The summed E-state index contributed by atoms with van der Waals surface area (Å²) in [7, 11) is 2.67. The molecule has 0 spiro atoms. The summed E-state index contributed by atoms with van der Waals surface area (Å²) in [5, 5.41) is 2.25. The number of imide groups is 1. The van der Waals surface area contributed by atoms with Gasteiger partial charge < -0.3 is 11.1 Å². The van der Waals surface area contributed by atoms with Crippen LogP contribution in [0.4, 0.5) is 4.79 Å². The van der Waals surface area contributed by atoms with E-state index < -0.39 is 23.8 Å². The molecule has 13 heavy (non-hydrogen) atoms. The van der Waals surface area contributed by atoms with Gasteiger partial charge in [0, 0.05) is 14.1 Å². The number of primary amides is 1. The van der Waals surface area contributed by atoms with Crippen LogP contribution in [0.3, 0.4) is 0 Å². The molecule has 1 atom stereocenters. The third kappa shape index (κ3) is 2.73. The highest BCUT2D eigenvalue weighted by molar-refractivity contribution is 6.05. The quantitative estimate of drug-likeness (QED) is 0.538. The van der Waals surface area contributed by atoms with Crippen molar-refractivity contribution in [2.45, 2.75) is 6.92 Å². The average molecular weight is 187 g/mol. The highest BCUT2D eigenvalue weighted by Gasteiger charge is 2.25. The van der Waals surface area contributed by atoms with Crippen LogP contribution in [0.15, 0.2) is 0 Å².